The number of hydrogen-bond donors (Lipinski definition) is 0. The van der Waals surface area contributed by atoms with Gasteiger partial charge in [-0.15, -0.1) is 0 Å². The van der Waals surface area contributed by atoms with Crippen LogP contribution >= 0.6 is 0 Å². The molecule has 0 aliphatic carbocycles. The number of benzene rings is 11. The first kappa shape index (κ1) is 20.1. The minimum Gasteiger partial charge on any atom is -0.0622 e. The third kappa shape index (κ3) is 4.00. The first-order valence-corrected chi connectivity index (χ1v) is 16.7. The Labute approximate surface area is 302 Å². The van der Waals surface area contributed by atoms with Gasteiger partial charge in [0.15, 0.2) is 0 Å². The quantitative estimate of drug-likeness (QED) is 0.168. The van der Waals surface area contributed by atoms with Gasteiger partial charge in [-0.25, -0.2) is 0 Å². The summed E-state index contributed by atoms with van der Waals surface area (Å²) in [6.45, 7) is 0. The molecule has 230 valence electrons. The van der Waals surface area contributed by atoms with Crippen molar-refractivity contribution in [1.82, 2.24) is 0 Å². The van der Waals surface area contributed by atoms with Crippen LogP contribution in [-0.4, -0.2) is 0 Å². The van der Waals surface area contributed by atoms with E-state index in [4.69, 9.17) is 9.60 Å². The maximum Gasteiger partial charge on any atom is 0.0636 e. The standard InChI is InChI=1S/C50H30/c1-2-7-31(8-3-1)38-13-6-14-39(29-38)42-25-23-40(41-24-19-36-17-15-32-9-4-11-34-21-27-44(41)49(36)47(32)34)30-46(42)43-26-20-37-18-16-33-10-5-12-35-22-28-45(43)50(37)48(33)35/h1-30H/i1D,2D,3D,6D,7D,8D,13D,14D,29D. The SMILES string of the molecule is [2H]c1c([2H])c([2H])c(-c2c([2H])c([2H])c([2H])c(-c3ccc(-c4ccc5ccc6cccc7ccc4c5c67)cc3-c3ccc4ccc5cccc6ccc3c4c56)c2[2H])c([2H])c1[2H]. The summed E-state index contributed by atoms with van der Waals surface area (Å²) in [7, 11) is 0. The Balaban J connectivity index is 1.25. The molecule has 0 heterocycles. The van der Waals surface area contributed by atoms with Gasteiger partial charge in [-0.1, -0.05) is 170 Å². The fourth-order valence-corrected chi connectivity index (χ4v) is 8.09. The van der Waals surface area contributed by atoms with Crippen LogP contribution in [-0.2, 0) is 0 Å². The maximum absolute atomic E-state index is 9.67. The summed E-state index contributed by atoms with van der Waals surface area (Å²) in [4.78, 5) is 0. The maximum atomic E-state index is 9.67. The molecule has 11 aromatic rings. The molecule has 0 nitrogen and oxygen atoms in total. The first-order chi connectivity index (χ1) is 28.5. The van der Waals surface area contributed by atoms with Gasteiger partial charge >= 0.3 is 0 Å². The van der Waals surface area contributed by atoms with Crippen molar-refractivity contribution in [2.45, 2.75) is 0 Å². The molecule has 0 atom stereocenters. The molecule has 0 spiro atoms. The van der Waals surface area contributed by atoms with Crippen molar-refractivity contribution in [3.05, 3.63) is 182 Å². The van der Waals surface area contributed by atoms with Gasteiger partial charge in [0.2, 0.25) is 0 Å². The second-order valence-electron chi connectivity index (χ2n) is 12.9. The van der Waals surface area contributed by atoms with Gasteiger partial charge in [0.25, 0.3) is 0 Å². The van der Waals surface area contributed by atoms with E-state index < -0.39 is 42.3 Å². The lowest BCUT2D eigenvalue weighted by atomic mass is 9.84. The van der Waals surface area contributed by atoms with Crippen molar-refractivity contribution in [1.29, 1.82) is 0 Å². The van der Waals surface area contributed by atoms with E-state index in [-0.39, 0.29) is 28.8 Å². The van der Waals surface area contributed by atoms with Crippen molar-refractivity contribution in [2.75, 3.05) is 0 Å². The summed E-state index contributed by atoms with van der Waals surface area (Å²) in [5.41, 5.74) is 3.31. The van der Waals surface area contributed by atoms with Crippen LogP contribution in [0.15, 0.2) is 182 Å². The van der Waals surface area contributed by atoms with Gasteiger partial charge in [-0.05, 0) is 121 Å². The zero-order valence-electron chi connectivity index (χ0n) is 35.6. The molecule has 0 bridgehead atoms. The predicted octanol–water partition coefficient (Wildman–Crippen LogP) is 14.1. The zero-order valence-corrected chi connectivity index (χ0v) is 26.6. The molecule has 0 aliphatic heterocycles. The van der Waals surface area contributed by atoms with Crippen LogP contribution in [0.4, 0.5) is 0 Å². The molecule has 50 heavy (non-hydrogen) atoms. The van der Waals surface area contributed by atoms with Gasteiger partial charge in [0.05, 0.1) is 12.3 Å². The predicted molar refractivity (Wildman–Crippen MR) is 216 cm³/mol. The van der Waals surface area contributed by atoms with Crippen molar-refractivity contribution >= 4 is 64.6 Å². The highest BCUT2D eigenvalue weighted by molar-refractivity contribution is 6.27. The highest BCUT2D eigenvalue weighted by atomic mass is 14.2. The van der Waals surface area contributed by atoms with E-state index in [1.807, 2.05) is 18.2 Å². The van der Waals surface area contributed by atoms with E-state index in [1.165, 1.54) is 10.8 Å². The summed E-state index contributed by atoms with van der Waals surface area (Å²) < 4.78 is 79.4. The molecule has 0 unspecified atom stereocenters. The number of rotatable bonds is 4. The fourth-order valence-electron chi connectivity index (χ4n) is 8.09. The van der Waals surface area contributed by atoms with Crippen LogP contribution in [0, 0.1) is 0 Å². The minimum atomic E-state index is -0.602. The summed E-state index contributed by atoms with van der Waals surface area (Å²) in [5, 5.41) is 13.4. The van der Waals surface area contributed by atoms with Crippen LogP contribution in [0.25, 0.3) is 109 Å². The van der Waals surface area contributed by atoms with E-state index in [0.29, 0.717) is 11.1 Å². The van der Waals surface area contributed by atoms with E-state index in [9.17, 15) is 2.74 Å². The monoisotopic (exact) mass is 639 g/mol. The molecule has 0 amide bonds. The van der Waals surface area contributed by atoms with Crippen molar-refractivity contribution in [2.24, 2.45) is 0 Å². The molecule has 0 saturated heterocycles. The second-order valence-corrected chi connectivity index (χ2v) is 12.9. The summed E-state index contributed by atoms with van der Waals surface area (Å²) >= 11 is 0. The van der Waals surface area contributed by atoms with Crippen molar-refractivity contribution in [3.8, 4) is 44.5 Å². The molecular weight excluding hydrogens is 601 g/mol. The van der Waals surface area contributed by atoms with Gasteiger partial charge < -0.3 is 0 Å². The average Bonchev–Trinajstić information content (AvgIpc) is 3.26. The van der Waals surface area contributed by atoms with Crippen LogP contribution in [0.1, 0.15) is 12.3 Å². The Hall–Kier alpha value is -6.50. The van der Waals surface area contributed by atoms with Gasteiger partial charge in [-0.3, -0.25) is 0 Å². The van der Waals surface area contributed by atoms with E-state index in [1.54, 1.807) is 0 Å². The highest BCUT2D eigenvalue weighted by Crippen LogP contribution is 2.45. The van der Waals surface area contributed by atoms with Gasteiger partial charge in [0.1, 0.15) is 0 Å². The molecule has 0 saturated carbocycles. The lowest BCUT2D eigenvalue weighted by Gasteiger charge is -2.19. The topological polar surface area (TPSA) is 0 Å². The largest absolute Gasteiger partial charge is 0.0636 e. The molecular formula is C50H30. The molecule has 0 radical (unpaired) electrons. The Kier molecular flexibility index (Phi) is 4.22. The van der Waals surface area contributed by atoms with Crippen LogP contribution in [0.3, 0.4) is 0 Å². The van der Waals surface area contributed by atoms with Crippen LogP contribution in [0.2, 0.25) is 0 Å². The second kappa shape index (κ2) is 10.5. The normalized spacial score (nSPS) is 14.5. The Morgan fingerprint density at radius 1 is 0.300 bits per heavy atom. The van der Waals surface area contributed by atoms with Crippen molar-refractivity contribution < 1.29 is 12.3 Å². The van der Waals surface area contributed by atoms with Crippen molar-refractivity contribution in [3.63, 3.8) is 0 Å². The Morgan fingerprint density at radius 3 is 1.42 bits per heavy atom. The first-order valence-electron chi connectivity index (χ1n) is 21.2. The van der Waals surface area contributed by atoms with E-state index in [2.05, 4.69) is 109 Å². The van der Waals surface area contributed by atoms with Gasteiger partial charge in [0, 0.05) is 0 Å². The third-order valence-corrected chi connectivity index (χ3v) is 10.3. The van der Waals surface area contributed by atoms with E-state index >= 15 is 0 Å². The summed E-state index contributed by atoms with van der Waals surface area (Å²) in [6, 6.07) is 39.3. The fraction of sp³-hybridized carbons (Fsp3) is 0. The molecule has 0 N–H and O–H groups in total. The van der Waals surface area contributed by atoms with Crippen LogP contribution < -0.4 is 0 Å². The molecule has 0 aliphatic rings. The molecule has 0 heteroatoms. The molecule has 11 rings (SSSR count). The van der Waals surface area contributed by atoms with E-state index in [0.717, 1.165) is 70.6 Å². The Bertz CT molecular complexity index is 3550. The lowest BCUT2D eigenvalue weighted by Crippen LogP contribution is -1.92. The zero-order chi connectivity index (χ0) is 40.6. The lowest BCUT2D eigenvalue weighted by molar-refractivity contribution is 1.57. The highest BCUT2D eigenvalue weighted by Gasteiger charge is 2.18. The minimum absolute atomic E-state index is 0.0374. The average molecular weight is 640 g/mol. The summed E-state index contributed by atoms with van der Waals surface area (Å²) in [6.07, 6.45) is 0. The molecule has 0 fully saturated rings. The Morgan fingerprint density at radius 2 is 0.780 bits per heavy atom. The third-order valence-electron chi connectivity index (χ3n) is 10.3. The molecule has 11 aromatic carbocycles. The summed E-state index contributed by atoms with van der Waals surface area (Å²) in [5.74, 6) is 0. The smallest absolute Gasteiger partial charge is 0.0622 e. The van der Waals surface area contributed by atoms with Gasteiger partial charge in [-0.2, -0.15) is 0 Å². The van der Waals surface area contributed by atoms with Crippen LogP contribution in [0.5, 0.6) is 0 Å². The molecule has 0 aromatic heterocycles. The number of hydrogen-bond acceptors (Lipinski definition) is 0.